The Kier molecular flexibility index (Phi) is 4.74. The number of nitrogens with two attached hydrogens (primary N) is 1. The SMILES string of the molecule is Cc1ccc(NC(=O)CN2C[C@@H](N)[C@H](c3ccccc3)C2)cc1. The highest BCUT2D eigenvalue weighted by Crippen LogP contribution is 2.26. The number of nitrogens with zero attached hydrogens (tertiary/aromatic N) is 1. The van der Waals surface area contributed by atoms with Crippen LogP contribution in [0, 0.1) is 6.92 Å². The molecule has 2 aromatic rings. The van der Waals surface area contributed by atoms with Crippen LogP contribution in [0.5, 0.6) is 0 Å². The van der Waals surface area contributed by atoms with Crippen molar-refractivity contribution in [3.8, 4) is 0 Å². The highest BCUT2D eigenvalue weighted by atomic mass is 16.2. The fourth-order valence-electron chi connectivity index (χ4n) is 3.14. The molecule has 1 saturated heterocycles. The number of hydrogen-bond donors (Lipinski definition) is 2. The van der Waals surface area contributed by atoms with E-state index in [4.69, 9.17) is 5.73 Å². The maximum atomic E-state index is 12.2. The zero-order valence-corrected chi connectivity index (χ0v) is 13.4. The molecule has 3 rings (SSSR count). The minimum Gasteiger partial charge on any atom is -0.326 e. The van der Waals surface area contributed by atoms with Crippen LogP contribution >= 0.6 is 0 Å². The van der Waals surface area contributed by atoms with Gasteiger partial charge >= 0.3 is 0 Å². The van der Waals surface area contributed by atoms with Gasteiger partial charge < -0.3 is 11.1 Å². The van der Waals surface area contributed by atoms with E-state index in [0.717, 1.165) is 18.8 Å². The molecule has 1 amide bonds. The van der Waals surface area contributed by atoms with Crippen LogP contribution in [0.25, 0.3) is 0 Å². The maximum absolute atomic E-state index is 12.2. The highest BCUT2D eigenvalue weighted by Gasteiger charge is 2.31. The molecule has 0 radical (unpaired) electrons. The van der Waals surface area contributed by atoms with Crippen LogP contribution in [0.4, 0.5) is 5.69 Å². The zero-order chi connectivity index (χ0) is 16.2. The van der Waals surface area contributed by atoms with Crippen molar-refractivity contribution >= 4 is 11.6 Å². The van der Waals surface area contributed by atoms with Crippen molar-refractivity contribution in [3.05, 3.63) is 65.7 Å². The molecular formula is C19H23N3O. The summed E-state index contributed by atoms with van der Waals surface area (Å²) < 4.78 is 0. The number of anilines is 1. The number of aryl methyl sites for hydroxylation is 1. The predicted molar refractivity (Wildman–Crippen MR) is 93.4 cm³/mol. The third kappa shape index (κ3) is 3.97. The lowest BCUT2D eigenvalue weighted by Gasteiger charge is -2.16. The molecule has 0 aromatic heterocycles. The fraction of sp³-hybridized carbons (Fsp3) is 0.316. The van der Waals surface area contributed by atoms with Crippen LogP contribution in [-0.4, -0.2) is 36.5 Å². The molecule has 2 atom stereocenters. The van der Waals surface area contributed by atoms with E-state index >= 15 is 0 Å². The largest absolute Gasteiger partial charge is 0.326 e. The van der Waals surface area contributed by atoms with Gasteiger partial charge in [-0.2, -0.15) is 0 Å². The minimum atomic E-state index is 0.00904. The topological polar surface area (TPSA) is 58.4 Å². The normalized spacial score (nSPS) is 21.3. The molecule has 23 heavy (non-hydrogen) atoms. The minimum absolute atomic E-state index is 0.00904. The lowest BCUT2D eigenvalue weighted by molar-refractivity contribution is -0.117. The Bertz CT molecular complexity index is 654. The number of carbonyl (C=O) groups is 1. The second-order valence-electron chi connectivity index (χ2n) is 6.29. The van der Waals surface area contributed by atoms with Crippen molar-refractivity contribution in [1.29, 1.82) is 0 Å². The number of nitrogens with one attached hydrogen (secondary N) is 1. The monoisotopic (exact) mass is 309 g/mol. The molecule has 120 valence electrons. The van der Waals surface area contributed by atoms with Gasteiger partial charge in [0.05, 0.1) is 6.54 Å². The van der Waals surface area contributed by atoms with E-state index in [2.05, 4.69) is 22.3 Å². The summed E-state index contributed by atoms with van der Waals surface area (Å²) >= 11 is 0. The summed E-state index contributed by atoms with van der Waals surface area (Å²) in [5, 5.41) is 2.94. The fourth-order valence-corrected chi connectivity index (χ4v) is 3.14. The number of benzene rings is 2. The molecule has 3 N–H and O–H groups in total. The first-order chi connectivity index (χ1) is 11.1. The molecule has 1 aliphatic rings. The summed E-state index contributed by atoms with van der Waals surface area (Å²) in [6, 6.07) is 18.2. The van der Waals surface area contributed by atoms with Gasteiger partial charge in [0.1, 0.15) is 0 Å². The molecule has 1 heterocycles. The van der Waals surface area contributed by atoms with Crippen LogP contribution < -0.4 is 11.1 Å². The van der Waals surface area contributed by atoms with Crippen LogP contribution in [0.1, 0.15) is 17.0 Å². The van der Waals surface area contributed by atoms with Gasteiger partial charge in [-0.1, -0.05) is 48.0 Å². The lowest BCUT2D eigenvalue weighted by atomic mass is 9.95. The van der Waals surface area contributed by atoms with Gasteiger partial charge in [0.25, 0.3) is 0 Å². The Morgan fingerprint density at radius 1 is 1.13 bits per heavy atom. The van der Waals surface area contributed by atoms with E-state index in [9.17, 15) is 4.79 Å². The van der Waals surface area contributed by atoms with Crippen LogP contribution in [0.3, 0.4) is 0 Å². The summed E-state index contributed by atoms with van der Waals surface area (Å²) in [5.74, 6) is 0.304. The number of carbonyl (C=O) groups excluding carboxylic acids is 1. The molecule has 4 heteroatoms. The van der Waals surface area contributed by atoms with Gasteiger partial charge in [-0.25, -0.2) is 0 Å². The molecule has 1 fully saturated rings. The van der Waals surface area contributed by atoms with Crippen LogP contribution in [0.2, 0.25) is 0 Å². The summed E-state index contributed by atoms with van der Waals surface area (Å²) in [6.45, 7) is 3.99. The first-order valence-electron chi connectivity index (χ1n) is 8.01. The standard InChI is InChI=1S/C19H23N3O/c1-14-7-9-16(10-8-14)21-19(23)13-22-11-17(18(20)12-22)15-5-3-2-4-6-15/h2-10,17-18H,11-13,20H2,1H3,(H,21,23)/t17-,18+/m0/s1. The van der Waals surface area contributed by atoms with E-state index in [0.29, 0.717) is 12.5 Å². The molecule has 0 bridgehead atoms. The highest BCUT2D eigenvalue weighted by molar-refractivity contribution is 5.92. The van der Waals surface area contributed by atoms with Crippen molar-refractivity contribution in [2.24, 2.45) is 5.73 Å². The summed E-state index contributed by atoms with van der Waals surface area (Å²) in [4.78, 5) is 14.3. The van der Waals surface area contributed by atoms with Crippen LogP contribution in [-0.2, 0) is 4.79 Å². The second kappa shape index (κ2) is 6.94. The molecule has 1 aliphatic heterocycles. The third-order valence-electron chi connectivity index (χ3n) is 4.37. The molecule has 0 spiro atoms. The van der Waals surface area contributed by atoms with Crippen LogP contribution in [0.15, 0.2) is 54.6 Å². The molecule has 4 nitrogen and oxygen atoms in total. The summed E-state index contributed by atoms with van der Waals surface area (Å²) in [5.41, 5.74) is 9.54. The number of rotatable bonds is 4. The van der Waals surface area contributed by atoms with Crippen molar-refractivity contribution in [2.75, 3.05) is 25.0 Å². The lowest BCUT2D eigenvalue weighted by Crippen LogP contribution is -2.33. The first kappa shape index (κ1) is 15.7. The Labute approximate surface area is 137 Å². The molecular weight excluding hydrogens is 286 g/mol. The second-order valence-corrected chi connectivity index (χ2v) is 6.29. The van der Waals surface area contributed by atoms with Gasteiger partial charge in [-0.15, -0.1) is 0 Å². The van der Waals surface area contributed by atoms with E-state index in [1.54, 1.807) is 0 Å². The van der Waals surface area contributed by atoms with Gasteiger partial charge in [0.15, 0.2) is 0 Å². The average molecular weight is 309 g/mol. The number of hydrogen-bond acceptors (Lipinski definition) is 3. The molecule has 0 unspecified atom stereocenters. The first-order valence-corrected chi connectivity index (χ1v) is 8.01. The Balaban J connectivity index is 1.56. The summed E-state index contributed by atoms with van der Waals surface area (Å²) in [7, 11) is 0. The van der Waals surface area contributed by atoms with E-state index < -0.39 is 0 Å². The Hall–Kier alpha value is -2.17. The number of amides is 1. The van der Waals surface area contributed by atoms with Gasteiger partial charge in [0, 0.05) is 30.7 Å². The Morgan fingerprint density at radius 2 is 1.83 bits per heavy atom. The van der Waals surface area contributed by atoms with Crippen molar-refractivity contribution in [3.63, 3.8) is 0 Å². The number of likely N-dealkylation sites (tertiary alicyclic amines) is 1. The van der Waals surface area contributed by atoms with Crippen molar-refractivity contribution in [2.45, 2.75) is 18.9 Å². The molecule has 0 aliphatic carbocycles. The quantitative estimate of drug-likeness (QED) is 0.911. The third-order valence-corrected chi connectivity index (χ3v) is 4.37. The van der Waals surface area contributed by atoms with E-state index in [-0.39, 0.29) is 11.9 Å². The van der Waals surface area contributed by atoms with Crippen molar-refractivity contribution in [1.82, 2.24) is 4.90 Å². The molecule has 0 saturated carbocycles. The van der Waals surface area contributed by atoms with E-state index in [1.807, 2.05) is 49.4 Å². The molecule has 2 aromatic carbocycles. The smallest absolute Gasteiger partial charge is 0.238 e. The Morgan fingerprint density at radius 3 is 2.52 bits per heavy atom. The van der Waals surface area contributed by atoms with Crippen molar-refractivity contribution < 1.29 is 4.79 Å². The average Bonchev–Trinajstić information content (AvgIpc) is 2.91. The van der Waals surface area contributed by atoms with Gasteiger partial charge in [-0.3, -0.25) is 9.69 Å². The maximum Gasteiger partial charge on any atom is 0.238 e. The van der Waals surface area contributed by atoms with E-state index in [1.165, 1.54) is 11.1 Å². The summed E-state index contributed by atoms with van der Waals surface area (Å²) in [6.07, 6.45) is 0. The van der Waals surface area contributed by atoms with Gasteiger partial charge in [0.2, 0.25) is 5.91 Å². The predicted octanol–water partition coefficient (Wildman–Crippen LogP) is 2.36. The van der Waals surface area contributed by atoms with Gasteiger partial charge in [-0.05, 0) is 24.6 Å². The zero-order valence-electron chi connectivity index (χ0n) is 13.4.